The first-order valence-electron chi connectivity index (χ1n) is 14.7. The quantitative estimate of drug-likeness (QED) is 0.0599. The van der Waals surface area contributed by atoms with Crippen molar-refractivity contribution < 1.29 is 23.1 Å². The third-order valence-corrected chi connectivity index (χ3v) is 17.7. The molecule has 0 saturated heterocycles. The second kappa shape index (κ2) is 18.9. The summed E-state index contributed by atoms with van der Waals surface area (Å²) in [7, 11) is -0.228. The van der Waals surface area contributed by atoms with Crippen LogP contribution in [0.5, 0.6) is 0 Å². The molecule has 0 unspecified atom stereocenters. The third kappa shape index (κ3) is 13.5. The van der Waals surface area contributed by atoms with Gasteiger partial charge in [-0.3, -0.25) is 0 Å². The molecule has 0 saturated carbocycles. The Morgan fingerprint density at radius 1 is 0.514 bits per heavy atom. The Bertz CT molecular complexity index is 685. The van der Waals surface area contributed by atoms with Gasteiger partial charge in [-0.25, -0.2) is 9.78 Å². The van der Waals surface area contributed by atoms with E-state index in [1.807, 2.05) is 6.92 Å². The Morgan fingerprint density at radius 3 is 1.35 bits per heavy atom. The largest absolute Gasteiger partial charge is 0.500 e. The van der Waals surface area contributed by atoms with E-state index in [-0.39, 0.29) is 0 Å². The van der Waals surface area contributed by atoms with E-state index in [9.17, 15) is 0 Å². The maximum Gasteiger partial charge on any atom is 0.500 e. The molecule has 0 aliphatic carbocycles. The fraction of sp³-hybridized carbons (Fsp3) is 0.793. The Hall–Kier alpha value is -0.329. The van der Waals surface area contributed by atoms with E-state index in [0.29, 0.717) is 6.61 Å². The van der Waals surface area contributed by atoms with Gasteiger partial charge < -0.3 is 13.3 Å². The van der Waals surface area contributed by atoms with Gasteiger partial charge in [-0.1, -0.05) is 131 Å². The average Bonchev–Trinajstić information content (AvgIpc) is 2.89. The normalized spacial score (nSPS) is 12.9. The Morgan fingerprint density at radius 2 is 0.919 bits per heavy atom. The molecule has 0 heterocycles. The molecule has 1 aromatic carbocycles. The minimum Gasteiger partial charge on any atom is -0.377 e. The van der Waals surface area contributed by atoms with Crippen molar-refractivity contribution in [3.63, 3.8) is 0 Å². The van der Waals surface area contributed by atoms with Gasteiger partial charge in [-0.2, -0.15) is 0 Å². The number of hydrogen-bond donors (Lipinski definition) is 0. The van der Waals surface area contributed by atoms with E-state index in [0.717, 1.165) is 25.5 Å². The van der Waals surface area contributed by atoms with E-state index in [1.54, 1.807) is 31.7 Å². The van der Waals surface area contributed by atoms with Crippen LogP contribution in [-0.4, -0.2) is 59.5 Å². The van der Waals surface area contributed by atoms with Crippen LogP contribution in [0, 0.1) is 0 Å². The van der Waals surface area contributed by atoms with Gasteiger partial charge in [0.15, 0.2) is 0 Å². The van der Waals surface area contributed by atoms with Gasteiger partial charge in [-0.15, -0.1) is 0 Å². The van der Waals surface area contributed by atoms with Crippen LogP contribution in [0.15, 0.2) is 24.3 Å². The van der Waals surface area contributed by atoms with Gasteiger partial charge in [0.25, 0.3) is 0 Å². The lowest BCUT2D eigenvalue weighted by Crippen LogP contribution is -2.46. The molecule has 5 nitrogen and oxygen atoms in total. The summed E-state index contributed by atoms with van der Waals surface area (Å²) in [5.74, 6) is 0. The highest BCUT2D eigenvalue weighted by Gasteiger charge is 2.38. The molecule has 0 fully saturated rings. The first-order valence-corrected chi connectivity index (χ1v) is 23.0. The average molecular weight is 571 g/mol. The van der Waals surface area contributed by atoms with Crippen LogP contribution in [0.1, 0.15) is 71.1 Å². The van der Waals surface area contributed by atoms with Gasteiger partial charge in [0.2, 0.25) is 0 Å². The molecule has 8 heteroatoms. The highest BCUT2D eigenvalue weighted by atomic mass is 28.4. The van der Waals surface area contributed by atoms with Crippen LogP contribution in [0.3, 0.4) is 0 Å². The van der Waals surface area contributed by atoms with E-state index in [1.165, 1.54) is 63.5 Å². The monoisotopic (exact) mass is 570 g/mol. The second-order valence-electron chi connectivity index (χ2n) is 11.7. The molecule has 0 amide bonds. The number of unbranched alkanes of at least 4 members (excludes halogenated alkanes) is 8. The zero-order chi connectivity index (χ0) is 27.6. The van der Waals surface area contributed by atoms with E-state index < -0.39 is 25.0 Å². The molecule has 1 rings (SSSR count). The van der Waals surface area contributed by atoms with Crippen molar-refractivity contribution in [2.45, 2.75) is 115 Å². The van der Waals surface area contributed by atoms with Crippen molar-refractivity contribution in [1.29, 1.82) is 0 Å². The van der Waals surface area contributed by atoms with Crippen molar-refractivity contribution in [3.8, 4) is 0 Å². The summed E-state index contributed by atoms with van der Waals surface area (Å²) in [5.41, 5.74) is 0. The minimum absolute atomic E-state index is 0.634. The zero-order valence-corrected chi connectivity index (χ0v) is 28.5. The Balaban J connectivity index is 2.32. The van der Waals surface area contributed by atoms with Gasteiger partial charge in [0.05, 0.1) is 29.4 Å². The van der Waals surface area contributed by atoms with Gasteiger partial charge in [0.1, 0.15) is 0 Å². The van der Waals surface area contributed by atoms with Gasteiger partial charge in [0, 0.05) is 27.4 Å². The molecule has 0 aliphatic heterocycles. The predicted molar refractivity (Wildman–Crippen MR) is 166 cm³/mol. The van der Waals surface area contributed by atoms with Crippen LogP contribution in [0.25, 0.3) is 0 Å². The van der Waals surface area contributed by atoms with Crippen LogP contribution >= 0.6 is 0 Å². The van der Waals surface area contributed by atoms with E-state index in [2.05, 4.69) is 50.5 Å². The fourth-order valence-corrected chi connectivity index (χ4v) is 12.1. The summed E-state index contributed by atoms with van der Waals surface area (Å²) in [6, 6.07) is 13.3. The summed E-state index contributed by atoms with van der Waals surface area (Å²) in [6.07, 6.45) is 13.0. The highest BCUT2D eigenvalue weighted by Crippen LogP contribution is 2.22. The molecule has 0 bridgehead atoms. The van der Waals surface area contributed by atoms with Crippen molar-refractivity contribution in [2.24, 2.45) is 0 Å². The zero-order valence-electron chi connectivity index (χ0n) is 25.5. The lowest BCUT2D eigenvalue weighted by molar-refractivity contribution is -0.291. The molecule has 37 heavy (non-hydrogen) atoms. The Labute approximate surface area is 232 Å². The molecule has 216 valence electrons. The summed E-state index contributed by atoms with van der Waals surface area (Å²) in [4.78, 5) is 9.98. The molecular weight excluding hydrogens is 513 g/mol. The molecule has 0 aromatic heterocycles. The summed E-state index contributed by atoms with van der Waals surface area (Å²) >= 11 is 0. The first-order chi connectivity index (χ1) is 17.7. The molecule has 1 aromatic rings. The van der Waals surface area contributed by atoms with Crippen LogP contribution < -0.4 is 10.4 Å². The Kier molecular flexibility index (Phi) is 17.7. The SMILES string of the molecule is CCOOCCCCCCCCCCC[Si](C)(C)c1ccc([Si](C)(C)CCC[Si](OC)(OC)OC)cc1. The van der Waals surface area contributed by atoms with Crippen molar-refractivity contribution in [1.82, 2.24) is 0 Å². The van der Waals surface area contributed by atoms with Crippen molar-refractivity contribution in [3.05, 3.63) is 24.3 Å². The number of rotatable bonds is 23. The van der Waals surface area contributed by atoms with Gasteiger partial charge in [-0.05, 0) is 13.3 Å². The van der Waals surface area contributed by atoms with Crippen LogP contribution in [-0.2, 0) is 23.1 Å². The highest BCUT2D eigenvalue weighted by molar-refractivity contribution is 6.91. The van der Waals surface area contributed by atoms with Crippen molar-refractivity contribution >= 4 is 35.3 Å². The topological polar surface area (TPSA) is 46.2 Å². The summed E-state index contributed by atoms with van der Waals surface area (Å²) in [5, 5.41) is 3.17. The lowest BCUT2D eigenvalue weighted by Gasteiger charge is -2.28. The van der Waals surface area contributed by atoms with E-state index in [4.69, 9.17) is 23.1 Å². The van der Waals surface area contributed by atoms with E-state index >= 15 is 0 Å². The fourth-order valence-electron chi connectivity index (χ4n) is 5.07. The predicted octanol–water partition coefficient (Wildman–Crippen LogP) is 7.26. The van der Waals surface area contributed by atoms with Crippen LogP contribution in [0.2, 0.25) is 44.3 Å². The molecule has 0 N–H and O–H groups in total. The maximum absolute atomic E-state index is 5.60. The molecule has 0 atom stereocenters. The number of hydrogen-bond acceptors (Lipinski definition) is 5. The summed E-state index contributed by atoms with van der Waals surface area (Å²) in [6.45, 7) is 13.4. The molecule has 0 radical (unpaired) electrons. The lowest BCUT2D eigenvalue weighted by atomic mass is 10.1. The smallest absolute Gasteiger partial charge is 0.377 e. The first kappa shape index (κ1) is 34.7. The molecule has 0 spiro atoms. The van der Waals surface area contributed by atoms with Crippen molar-refractivity contribution in [2.75, 3.05) is 34.5 Å². The maximum atomic E-state index is 5.60. The minimum atomic E-state index is -2.47. The molecule has 0 aliphatic rings. The van der Waals surface area contributed by atoms with Gasteiger partial charge >= 0.3 is 8.80 Å². The summed E-state index contributed by atoms with van der Waals surface area (Å²) < 4.78 is 16.8. The standard InChI is InChI=1S/C29H58O5Si3/c1-9-33-34-24-17-15-13-11-10-12-14-16-18-25-35(5,6)28-20-22-29(23-21-28)36(7,8)26-19-27-37(30-2,31-3)32-4/h20-23H,9-19,24-27H2,1-8H3. The second-order valence-corrected chi connectivity index (χ2v) is 24.4. The van der Waals surface area contributed by atoms with Crippen LogP contribution in [0.4, 0.5) is 0 Å². The number of benzene rings is 1. The molecular formula is C29H58O5Si3. The third-order valence-electron chi connectivity index (χ3n) is 7.90.